The van der Waals surface area contributed by atoms with E-state index in [-0.39, 0.29) is 5.91 Å². The van der Waals surface area contributed by atoms with Crippen LogP contribution in [0.4, 0.5) is 5.82 Å². The highest BCUT2D eigenvalue weighted by atomic mass is 79.9. The Kier molecular flexibility index (Phi) is 5.13. The van der Waals surface area contributed by atoms with E-state index < -0.39 is 6.10 Å². The van der Waals surface area contributed by atoms with Crippen molar-refractivity contribution in [3.05, 3.63) is 22.3 Å². The van der Waals surface area contributed by atoms with Crippen molar-refractivity contribution in [2.75, 3.05) is 37.7 Å². The lowest BCUT2D eigenvalue weighted by molar-refractivity contribution is -0.145. The number of piperidine rings is 1. The number of rotatable bonds is 2. The Bertz CT molecular complexity index is 625. The lowest BCUT2D eigenvalue weighted by Gasteiger charge is -2.36. The highest BCUT2D eigenvalue weighted by Crippen LogP contribution is 2.23. The average Bonchev–Trinajstić information content (AvgIpc) is 2.61. The van der Waals surface area contributed by atoms with Gasteiger partial charge in [0.05, 0.1) is 18.7 Å². The molecule has 1 aromatic rings. The minimum absolute atomic E-state index is 0.0602. The summed E-state index contributed by atoms with van der Waals surface area (Å²) in [5, 5.41) is 9.31. The van der Waals surface area contributed by atoms with Gasteiger partial charge in [0.25, 0.3) is 5.91 Å². The maximum Gasteiger partial charge on any atom is 0.253 e. The molecule has 3 heterocycles. The van der Waals surface area contributed by atoms with E-state index in [9.17, 15) is 10.1 Å². The van der Waals surface area contributed by atoms with E-state index in [1.165, 1.54) is 6.42 Å². The largest absolute Gasteiger partial charge is 0.365 e. The molecule has 23 heavy (non-hydrogen) atoms. The SMILES string of the molecule is N#Cc1cc(Br)cnc1N1CCOC(C(=O)N2CCCCC2)C1. The summed E-state index contributed by atoms with van der Waals surface area (Å²) in [6.45, 7) is 3.18. The standard InChI is InChI=1S/C16H19BrN4O2/c17-13-8-12(9-18)15(19-10-13)21-6-7-23-14(11-21)16(22)20-4-2-1-3-5-20/h8,10,14H,1-7,11H2. The number of morpholine rings is 1. The number of nitrogens with zero attached hydrogens (tertiary/aromatic N) is 4. The van der Waals surface area contributed by atoms with Gasteiger partial charge in [0.15, 0.2) is 6.10 Å². The summed E-state index contributed by atoms with van der Waals surface area (Å²) >= 11 is 3.33. The number of amides is 1. The third-order valence-corrected chi connectivity index (χ3v) is 4.70. The summed E-state index contributed by atoms with van der Waals surface area (Å²) in [7, 11) is 0. The first-order valence-electron chi connectivity index (χ1n) is 7.90. The summed E-state index contributed by atoms with van der Waals surface area (Å²) in [6.07, 6.45) is 4.52. The van der Waals surface area contributed by atoms with Crippen molar-refractivity contribution in [3.63, 3.8) is 0 Å². The zero-order valence-electron chi connectivity index (χ0n) is 12.9. The molecule has 1 unspecified atom stereocenters. The molecule has 122 valence electrons. The van der Waals surface area contributed by atoms with Gasteiger partial charge in [-0.2, -0.15) is 5.26 Å². The molecule has 0 spiro atoms. The first-order valence-corrected chi connectivity index (χ1v) is 8.69. The fraction of sp³-hybridized carbons (Fsp3) is 0.562. The molecule has 0 saturated carbocycles. The van der Waals surface area contributed by atoms with Gasteiger partial charge in [0.2, 0.25) is 0 Å². The van der Waals surface area contributed by atoms with Gasteiger partial charge >= 0.3 is 0 Å². The second kappa shape index (κ2) is 7.28. The molecule has 1 amide bonds. The first-order chi connectivity index (χ1) is 11.2. The Morgan fingerprint density at radius 1 is 1.35 bits per heavy atom. The highest BCUT2D eigenvalue weighted by Gasteiger charge is 2.32. The van der Waals surface area contributed by atoms with Gasteiger partial charge in [-0.1, -0.05) is 0 Å². The Labute approximate surface area is 144 Å². The summed E-state index contributed by atoms with van der Waals surface area (Å²) < 4.78 is 6.46. The van der Waals surface area contributed by atoms with Crippen LogP contribution >= 0.6 is 15.9 Å². The number of carbonyl (C=O) groups excluding carboxylic acids is 1. The number of hydrogen-bond acceptors (Lipinski definition) is 5. The molecule has 0 bridgehead atoms. The molecule has 0 N–H and O–H groups in total. The van der Waals surface area contributed by atoms with Gasteiger partial charge < -0.3 is 14.5 Å². The quantitative estimate of drug-likeness (QED) is 0.786. The number of halogens is 1. The van der Waals surface area contributed by atoms with Crippen LogP contribution in [0.5, 0.6) is 0 Å². The van der Waals surface area contributed by atoms with E-state index in [2.05, 4.69) is 27.0 Å². The minimum Gasteiger partial charge on any atom is -0.365 e. The third-order valence-electron chi connectivity index (χ3n) is 4.26. The zero-order valence-corrected chi connectivity index (χ0v) is 14.5. The van der Waals surface area contributed by atoms with Crippen molar-refractivity contribution < 1.29 is 9.53 Å². The van der Waals surface area contributed by atoms with Crippen LogP contribution in [-0.4, -0.2) is 54.7 Å². The Morgan fingerprint density at radius 3 is 2.87 bits per heavy atom. The first kappa shape index (κ1) is 16.2. The van der Waals surface area contributed by atoms with Crippen molar-refractivity contribution in [2.24, 2.45) is 0 Å². The molecule has 0 aliphatic carbocycles. The molecule has 2 aliphatic rings. The predicted octanol–water partition coefficient (Wildman–Crippen LogP) is 1.93. The van der Waals surface area contributed by atoms with Crippen molar-refractivity contribution >= 4 is 27.7 Å². The van der Waals surface area contributed by atoms with Gasteiger partial charge in [-0.25, -0.2) is 4.98 Å². The van der Waals surface area contributed by atoms with Crippen molar-refractivity contribution in [3.8, 4) is 6.07 Å². The van der Waals surface area contributed by atoms with Gasteiger partial charge in [-0.15, -0.1) is 0 Å². The monoisotopic (exact) mass is 378 g/mol. The molecular weight excluding hydrogens is 360 g/mol. The molecule has 1 atom stereocenters. The molecule has 2 aliphatic heterocycles. The van der Waals surface area contributed by atoms with Crippen LogP contribution in [0, 0.1) is 11.3 Å². The summed E-state index contributed by atoms with van der Waals surface area (Å²) in [5.74, 6) is 0.681. The van der Waals surface area contributed by atoms with Gasteiger partial charge in [0, 0.05) is 30.3 Å². The molecule has 2 saturated heterocycles. The van der Waals surface area contributed by atoms with E-state index in [0.717, 1.165) is 30.4 Å². The Hall–Kier alpha value is -1.65. The average molecular weight is 379 g/mol. The summed E-state index contributed by atoms with van der Waals surface area (Å²) in [4.78, 5) is 20.8. The second-order valence-corrected chi connectivity index (χ2v) is 6.74. The highest BCUT2D eigenvalue weighted by molar-refractivity contribution is 9.10. The van der Waals surface area contributed by atoms with Crippen LogP contribution in [0.2, 0.25) is 0 Å². The fourth-order valence-corrected chi connectivity index (χ4v) is 3.41. The van der Waals surface area contributed by atoms with E-state index in [4.69, 9.17) is 4.74 Å². The molecule has 3 rings (SSSR count). The summed E-state index contributed by atoms with van der Waals surface area (Å²) in [5.41, 5.74) is 0.505. The number of hydrogen-bond donors (Lipinski definition) is 0. The number of likely N-dealkylation sites (tertiary alicyclic amines) is 1. The van der Waals surface area contributed by atoms with Crippen molar-refractivity contribution in [1.82, 2.24) is 9.88 Å². The van der Waals surface area contributed by atoms with Crippen LogP contribution in [0.1, 0.15) is 24.8 Å². The molecule has 6 nitrogen and oxygen atoms in total. The molecule has 0 aromatic carbocycles. The third kappa shape index (κ3) is 3.65. The number of carbonyl (C=O) groups is 1. The molecule has 1 aromatic heterocycles. The lowest BCUT2D eigenvalue weighted by atomic mass is 10.1. The van der Waals surface area contributed by atoms with Crippen LogP contribution in [-0.2, 0) is 9.53 Å². The smallest absolute Gasteiger partial charge is 0.253 e. The normalized spacial score (nSPS) is 21.8. The molecule has 2 fully saturated rings. The second-order valence-electron chi connectivity index (χ2n) is 5.83. The lowest BCUT2D eigenvalue weighted by Crippen LogP contribution is -2.52. The molecule has 0 radical (unpaired) electrons. The predicted molar refractivity (Wildman–Crippen MR) is 89.0 cm³/mol. The Balaban J connectivity index is 1.73. The Morgan fingerprint density at radius 2 is 2.13 bits per heavy atom. The van der Waals surface area contributed by atoms with Gasteiger partial charge in [-0.3, -0.25) is 4.79 Å². The number of aromatic nitrogens is 1. The van der Waals surface area contributed by atoms with E-state index >= 15 is 0 Å². The number of pyridine rings is 1. The minimum atomic E-state index is -0.473. The maximum absolute atomic E-state index is 12.6. The van der Waals surface area contributed by atoms with Crippen LogP contribution < -0.4 is 4.90 Å². The van der Waals surface area contributed by atoms with E-state index in [0.29, 0.717) is 31.1 Å². The fourth-order valence-electron chi connectivity index (χ4n) is 3.08. The van der Waals surface area contributed by atoms with Crippen LogP contribution in [0.15, 0.2) is 16.7 Å². The number of ether oxygens (including phenoxy) is 1. The van der Waals surface area contributed by atoms with Crippen LogP contribution in [0.3, 0.4) is 0 Å². The van der Waals surface area contributed by atoms with E-state index in [1.54, 1.807) is 12.3 Å². The summed E-state index contributed by atoms with van der Waals surface area (Å²) in [6, 6.07) is 3.92. The molecular formula is C16H19BrN4O2. The molecule has 7 heteroatoms. The maximum atomic E-state index is 12.6. The van der Waals surface area contributed by atoms with Crippen molar-refractivity contribution in [2.45, 2.75) is 25.4 Å². The topological polar surface area (TPSA) is 69.5 Å². The number of anilines is 1. The van der Waals surface area contributed by atoms with Gasteiger partial charge in [0.1, 0.15) is 11.9 Å². The zero-order chi connectivity index (χ0) is 16.2. The van der Waals surface area contributed by atoms with Crippen LogP contribution in [0.25, 0.3) is 0 Å². The van der Waals surface area contributed by atoms with Gasteiger partial charge in [-0.05, 0) is 41.3 Å². The number of nitriles is 1. The van der Waals surface area contributed by atoms with Crippen molar-refractivity contribution in [1.29, 1.82) is 5.26 Å². The van der Waals surface area contributed by atoms with E-state index in [1.807, 2.05) is 9.80 Å².